The quantitative estimate of drug-likeness (QED) is 0.528. The topological polar surface area (TPSA) is 26.3 Å². The van der Waals surface area contributed by atoms with Gasteiger partial charge in [0.1, 0.15) is 5.75 Å². The Bertz CT molecular complexity index is 237. The molecule has 0 bridgehead atoms. The van der Waals surface area contributed by atoms with E-state index in [1.807, 2.05) is 30.3 Å². The number of allylic oxidation sites excluding steroid dienone is 1. The van der Waals surface area contributed by atoms with Gasteiger partial charge in [-0.25, -0.2) is 0 Å². The molecule has 0 saturated heterocycles. The van der Waals surface area contributed by atoms with Crippen LogP contribution in [0.15, 0.2) is 36.9 Å². The summed E-state index contributed by atoms with van der Waals surface area (Å²) in [5.41, 5.74) is 1.18. The highest BCUT2D eigenvalue weighted by Gasteiger charge is 1.91. The molecule has 0 aliphatic heterocycles. The molecule has 1 atom stereocenters. The third kappa shape index (κ3) is 2.55. The Morgan fingerprint density at radius 1 is 1.42 bits per heavy atom. The normalized spacial score (nSPS) is 10.3. The van der Waals surface area contributed by atoms with Crippen molar-refractivity contribution in [3.63, 3.8) is 0 Å². The summed E-state index contributed by atoms with van der Waals surface area (Å²) in [7, 11) is -1.16. The summed E-state index contributed by atoms with van der Waals surface area (Å²) in [5.74, 6) is 0.660. The van der Waals surface area contributed by atoms with Gasteiger partial charge in [-0.15, -0.1) is 6.58 Å². The van der Waals surface area contributed by atoms with Crippen molar-refractivity contribution in [3.8, 4) is 5.75 Å². The van der Waals surface area contributed by atoms with Crippen molar-refractivity contribution in [2.75, 3.05) is 0 Å². The van der Waals surface area contributed by atoms with Crippen LogP contribution in [-0.4, -0.2) is 0 Å². The molecule has 0 aromatic heterocycles. The molecule has 1 rings (SSSR count). The summed E-state index contributed by atoms with van der Waals surface area (Å²) in [4.78, 5) is 0. The van der Waals surface area contributed by atoms with Crippen LogP contribution in [0, 0.1) is 0 Å². The van der Waals surface area contributed by atoms with Gasteiger partial charge in [-0.05, 0) is 24.1 Å². The highest BCUT2D eigenvalue weighted by molar-refractivity contribution is 7.17. The van der Waals surface area contributed by atoms with Crippen LogP contribution in [0.2, 0.25) is 0 Å². The predicted molar refractivity (Wildman–Crippen MR) is 51.4 cm³/mol. The molecule has 0 aliphatic carbocycles. The van der Waals surface area contributed by atoms with E-state index in [-0.39, 0.29) is 0 Å². The lowest BCUT2D eigenvalue weighted by molar-refractivity contribution is 0.525. The van der Waals surface area contributed by atoms with E-state index in [0.717, 1.165) is 6.42 Å². The minimum Gasteiger partial charge on any atom is -0.447 e. The van der Waals surface area contributed by atoms with Gasteiger partial charge in [0.2, 0.25) is 8.69 Å². The molecule has 12 heavy (non-hydrogen) atoms. The fourth-order valence-corrected chi connectivity index (χ4v) is 1.19. The van der Waals surface area contributed by atoms with Crippen LogP contribution >= 0.6 is 8.69 Å². The third-order valence-corrected chi connectivity index (χ3v) is 1.86. The first-order valence-corrected chi connectivity index (χ1v) is 4.61. The molecule has 0 amide bonds. The van der Waals surface area contributed by atoms with Gasteiger partial charge in [-0.2, -0.15) is 0 Å². The molecule has 0 N–H and O–H groups in total. The average Bonchev–Trinajstić information content (AvgIpc) is 2.09. The van der Waals surface area contributed by atoms with Gasteiger partial charge in [0.15, 0.2) is 0 Å². The van der Waals surface area contributed by atoms with Crippen LogP contribution in [-0.2, 0) is 11.0 Å². The summed E-state index contributed by atoms with van der Waals surface area (Å²) >= 11 is 0. The van der Waals surface area contributed by atoms with E-state index >= 15 is 0 Å². The Kier molecular flexibility index (Phi) is 3.62. The maximum Gasteiger partial charge on any atom is 0.225 e. The van der Waals surface area contributed by atoms with Crippen molar-refractivity contribution in [2.24, 2.45) is 0 Å². The fraction of sp³-hybridized carbons (Fsp3) is 0.111. The Hall–Kier alpha value is -1.01. The largest absolute Gasteiger partial charge is 0.447 e. The first-order valence-electron chi connectivity index (χ1n) is 3.67. The molecular weight excluding hydrogens is 171 g/mol. The second kappa shape index (κ2) is 4.78. The zero-order chi connectivity index (χ0) is 8.81. The highest BCUT2D eigenvalue weighted by Crippen LogP contribution is 2.15. The molecule has 1 aromatic carbocycles. The van der Waals surface area contributed by atoms with E-state index < -0.39 is 8.69 Å². The van der Waals surface area contributed by atoms with Gasteiger partial charge in [-0.3, -0.25) is 4.57 Å². The lowest BCUT2D eigenvalue weighted by atomic mass is 10.1. The SMILES string of the molecule is C=CCc1ccc(O[PH2]=O)cc1. The zero-order valence-electron chi connectivity index (χ0n) is 6.69. The molecule has 3 heteroatoms. The van der Waals surface area contributed by atoms with E-state index in [4.69, 9.17) is 4.52 Å². The van der Waals surface area contributed by atoms with Crippen LogP contribution in [0.1, 0.15) is 5.56 Å². The molecule has 1 aromatic rings. The van der Waals surface area contributed by atoms with Crippen molar-refractivity contribution >= 4 is 8.69 Å². The Labute approximate surface area is 73.2 Å². The van der Waals surface area contributed by atoms with Crippen LogP contribution < -0.4 is 4.52 Å². The van der Waals surface area contributed by atoms with Crippen molar-refractivity contribution < 1.29 is 9.09 Å². The van der Waals surface area contributed by atoms with Crippen molar-refractivity contribution in [3.05, 3.63) is 42.5 Å². The van der Waals surface area contributed by atoms with Gasteiger partial charge in [0.05, 0.1) is 0 Å². The zero-order valence-corrected chi connectivity index (χ0v) is 7.85. The molecule has 1 unspecified atom stereocenters. The van der Waals surface area contributed by atoms with E-state index in [1.165, 1.54) is 5.56 Å². The summed E-state index contributed by atoms with van der Waals surface area (Å²) in [6.45, 7) is 3.64. The fourth-order valence-electron chi connectivity index (χ4n) is 0.926. The number of benzene rings is 1. The van der Waals surface area contributed by atoms with Crippen molar-refractivity contribution in [1.82, 2.24) is 0 Å². The van der Waals surface area contributed by atoms with Crippen LogP contribution in [0.4, 0.5) is 0 Å². The standard InChI is InChI=1S/C9H11O2P/c1-2-3-8-4-6-9(7-5-8)11-12-10/h2,4-7H,1,3,12H2. The van der Waals surface area contributed by atoms with Gasteiger partial charge in [0.25, 0.3) is 0 Å². The summed E-state index contributed by atoms with van der Waals surface area (Å²) in [5, 5.41) is 0. The minimum atomic E-state index is -1.16. The summed E-state index contributed by atoms with van der Waals surface area (Å²) in [6, 6.07) is 7.49. The van der Waals surface area contributed by atoms with E-state index in [9.17, 15) is 4.57 Å². The Morgan fingerprint density at radius 2 is 2.08 bits per heavy atom. The van der Waals surface area contributed by atoms with E-state index in [1.54, 1.807) is 0 Å². The molecule has 0 radical (unpaired) electrons. The maximum atomic E-state index is 10.2. The minimum absolute atomic E-state index is 0.660. The third-order valence-electron chi connectivity index (χ3n) is 1.49. The second-order valence-electron chi connectivity index (χ2n) is 2.35. The molecule has 0 saturated carbocycles. The first-order chi connectivity index (χ1) is 5.86. The molecule has 0 spiro atoms. The Balaban J connectivity index is 2.70. The predicted octanol–water partition coefficient (Wildman–Crippen LogP) is 2.47. The number of rotatable bonds is 4. The van der Waals surface area contributed by atoms with Gasteiger partial charge < -0.3 is 4.52 Å². The molecule has 0 heterocycles. The maximum absolute atomic E-state index is 10.2. The van der Waals surface area contributed by atoms with Crippen LogP contribution in [0.3, 0.4) is 0 Å². The van der Waals surface area contributed by atoms with Crippen LogP contribution in [0.5, 0.6) is 5.75 Å². The lowest BCUT2D eigenvalue weighted by Gasteiger charge is -1.99. The van der Waals surface area contributed by atoms with Crippen molar-refractivity contribution in [1.29, 1.82) is 0 Å². The van der Waals surface area contributed by atoms with Crippen molar-refractivity contribution in [2.45, 2.75) is 6.42 Å². The van der Waals surface area contributed by atoms with Gasteiger partial charge in [0, 0.05) is 0 Å². The summed E-state index contributed by atoms with van der Waals surface area (Å²) < 4.78 is 15.0. The van der Waals surface area contributed by atoms with Crippen LogP contribution in [0.25, 0.3) is 0 Å². The first kappa shape index (κ1) is 9.08. The summed E-state index contributed by atoms with van der Waals surface area (Å²) in [6.07, 6.45) is 2.69. The number of hydrogen-bond donors (Lipinski definition) is 0. The Morgan fingerprint density at radius 3 is 2.58 bits per heavy atom. The molecule has 0 aliphatic rings. The number of hydrogen-bond acceptors (Lipinski definition) is 2. The molecule has 0 fully saturated rings. The monoisotopic (exact) mass is 182 g/mol. The molecule has 64 valence electrons. The van der Waals surface area contributed by atoms with E-state index in [0.29, 0.717) is 5.75 Å². The van der Waals surface area contributed by atoms with E-state index in [2.05, 4.69) is 6.58 Å². The molecule has 2 nitrogen and oxygen atoms in total. The molecular formula is C9H11O2P. The second-order valence-corrected chi connectivity index (χ2v) is 2.78. The highest BCUT2D eigenvalue weighted by atomic mass is 31.1. The smallest absolute Gasteiger partial charge is 0.225 e. The average molecular weight is 182 g/mol. The lowest BCUT2D eigenvalue weighted by Crippen LogP contribution is -1.80. The van der Waals surface area contributed by atoms with Gasteiger partial charge in [-0.1, -0.05) is 18.2 Å². The van der Waals surface area contributed by atoms with Gasteiger partial charge >= 0.3 is 0 Å².